The van der Waals surface area contributed by atoms with Crippen molar-refractivity contribution in [2.45, 2.75) is 33.4 Å². The Bertz CT molecular complexity index is 1090. The Morgan fingerprint density at radius 3 is 2.47 bits per heavy atom. The summed E-state index contributed by atoms with van der Waals surface area (Å²) in [6, 6.07) is 1.42. The molecule has 1 aromatic heterocycles. The molecule has 32 heavy (non-hydrogen) atoms. The minimum absolute atomic E-state index is 0.106. The SMILES string of the molecule is Cc1nn(CC(=O)OC(C)C(=O)NCC(=O)Nc2ccc(F)c(F)c2F)c(C)c1[N+](=O)[O-]. The number of nitro groups is 1. The number of anilines is 1. The average molecular weight is 457 g/mol. The molecule has 2 aromatic rings. The Hall–Kier alpha value is -3.97. The molecule has 0 aliphatic heterocycles. The third kappa shape index (κ3) is 5.59. The van der Waals surface area contributed by atoms with Gasteiger partial charge in [0.15, 0.2) is 23.6 Å². The van der Waals surface area contributed by atoms with E-state index in [4.69, 9.17) is 4.74 Å². The van der Waals surface area contributed by atoms with Gasteiger partial charge in [-0.1, -0.05) is 0 Å². The van der Waals surface area contributed by atoms with Crippen molar-refractivity contribution in [1.29, 1.82) is 0 Å². The molecule has 2 rings (SSSR count). The number of aryl methyl sites for hydroxylation is 1. The van der Waals surface area contributed by atoms with Gasteiger partial charge in [0.25, 0.3) is 5.91 Å². The Morgan fingerprint density at radius 1 is 1.22 bits per heavy atom. The highest BCUT2D eigenvalue weighted by molar-refractivity contribution is 5.95. The third-order valence-electron chi connectivity index (χ3n) is 4.21. The van der Waals surface area contributed by atoms with Crippen molar-refractivity contribution < 1.29 is 37.2 Å². The lowest BCUT2D eigenvalue weighted by Crippen LogP contribution is -2.40. The molecule has 0 saturated carbocycles. The number of ether oxygens (including phenoxy) is 1. The van der Waals surface area contributed by atoms with Crippen molar-refractivity contribution in [3.8, 4) is 0 Å². The third-order valence-corrected chi connectivity index (χ3v) is 4.21. The summed E-state index contributed by atoms with van der Waals surface area (Å²) in [4.78, 5) is 46.2. The van der Waals surface area contributed by atoms with Crippen LogP contribution in [0.2, 0.25) is 0 Å². The van der Waals surface area contributed by atoms with E-state index in [0.29, 0.717) is 6.07 Å². The highest BCUT2D eigenvalue weighted by atomic mass is 19.2. The predicted octanol–water partition coefficient (Wildman–Crippen LogP) is 1.51. The Labute approximate surface area is 178 Å². The highest BCUT2D eigenvalue weighted by Crippen LogP contribution is 2.22. The Kier molecular flexibility index (Phi) is 7.51. The lowest BCUT2D eigenvalue weighted by molar-refractivity contribution is -0.386. The second-order valence-electron chi connectivity index (χ2n) is 6.56. The second-order valence-corrected chi connectivity index (χ2v) is 6.56. The number of nitrogens with zero attached hydrogens (tertiary/aromatic N) is 3. The molecule has 0 spiro atoms. The molecule has 172 valence electrons. The maximum atomic E-state index is 13.6. The van der Waals surface area contributed by atoms with Gasteiger partial charge in [-0.25, -0.2) is 13.2 Å². The molecule has 0 radical (unpaired) electrons. The number of hydrogen-bond donors (Lipinski definition) is 2. The summed E-state index contributed by atoms with van der Waals surface area (Å²) < 4.78 is 45.6. The molecule has 0 bridgehead atoms. The summed E-state index contributed by atoms with van der Waals surface area (Å²) in [5.41, 5.74) is -0.633. The van der Waals surface area contributed by atoms with E-state index in [1.807, 2.05) is 5.32 Å². The first-order valence-electron chi connectivity index (χ1n) is 9.01. The summed E-state index contributed by atoms with van der Waals surface area (Å²) in [5.74, 6) is -7.53. The van der Waals surface area contributed by atoms with E-state index >= 15 is 0 Å². The standard InChI is InChI=1S/C18H18F3N5O6/c1-8-17(26(30)31)9(2)25(24-8)7-14(28)32-10(3)18(29)22-6-13(27)23-12-5-4-11(19)15(20)16(12)21/h4-5,10H,6-7H2,1-3H3,(H,22,29)(H,23,27). The van der Waals surface area contributed by atoms with Gasteiger partial charge in [-0.05, 0) is 32.9 Å². The van der Waals surface area contributed by atoms with Crippen molar-refractivity contribution >= 4 is 29.2 Å². The zero-order valence-corrected chi connectivity index (χ0v) is 17.1. The lowest BCUT2D eigenvalue weighted by atomic mass is 10.2. The van der Waals surface area contributed by atoms with E-state index in [9.17, 15) is 37.7 Å². The fourth-order valence-electron chi connectivity index (χ4n) is 2.64. The van der Waals surface area contributed by atoms with Crippen molar-refractivity contribution in [1.82, 2.24) is 15.1 Å². The van der Waals surface area contributed by atoms with Crippen LogP contribution in [0.5, 0.6) is 0 Å². The molecule has 0 fully saturated rings. The van der Waals surface area contributed by atoms with Crippen LogP contribution in [-0.4, -0.2) is 45.1 Å². The van der Waals surface area contributed by atoms with Crippen LogP contribution in [0.15, 0.2) is 12.1 Å². The molecular formula is C18H18F3N5O6. The van der Waals surface area contributed by atoms with Gasteiger partial charge in [0.2, 0.25) is 5.91 Å². The van der Waals surface area contributed by atoms with Crippen LogP contribution < -0.4 is 10.6 Å². The smallest absolute Gasteiger partial charge is 0.328 e. The fraction of sp³-hybridized carbons (Fsp3) is 0.333. The predicted molar refractivity (Wildman–Crippen MR) is 102 cm³/mol. The van der Waals surface area contributed by atoms with E-state index in [2.05, 4.69) is 10.4 Å². The van der Waals surface area contributed by atoms with Crippen LogP contribution in [0, 0.1) is 41.4 Å². The van der Waals surface area contributed by atoms with E-state index in [0.717, 1.165) is 10.7 Å². The number of aromatic nitrogens is 2. The molecule has 1 unspecified atom stereocenters. The van der Waals surface area contributed by atoms with Gasteiger partial charge in [-0.15, -0.1) is 0 Å². The lowest BCUT2D eigenvalue weighted by Gasteiger charge is -2.14. The summed E-state index contributed by atoms with van der Waals surface area (Å²) in [5, 5.41) is 19.0. The van der Waals surface area contributed by atoms with Crippen molar-refractivity contribution in [2.75, 3.05) is 11.9 Å². The largest absolute Gasteiger partial charge is 0.451 e. The summed E-state index contributed by atoms with van der Waals surface area (Å²) >= 11 is 0. The fourth-order valence-corrected chi connectivity index (χ4v) is 2.64. The molecule has 1 atom stereocenters. The first-order chi connectivity index (χ1) is 14.9. The molecule has 2 N–H and O–H groups in total. The monoisotopic (exact) mass is 457 g/mol. The van der Waals surface area contributed by atoms with Gasteiger partial charge >= 0.3 is 11.7 Å². The summed E-state index contributed by atoms with van der Waals surface area (Å²) in [6.07, 6.45) is -1.35. The minimum atomic E-state index is -1.76. The van der Waals surface area contributed by atoms with Gasteiger partial charge < -0.3 is 15.4 Å². The van der Waals surface area contributed by atoms with Crippen LogP contribution in [0.1, 0.15) is 18.3 Å². The zero-order valence-electron chi connectivity index (χ0n) is 17.1. The number of carbonyl (C=O) groups excluding carboxylic acids is 3. The first kappa shape index (κ1) is 24.3. The maximum absolute atomic E-state index is 13.6. The number of rotatable bonds is 8. The minimum Gasteiger partial charge on any atom is -0.451 e. The molecule has 1 aromatic carbocycles. The Balaban J connectivity index is 1.87. The molecule has 0 aliphatic rings. The number of amides is 2. The maximum Gasteiger partial charge on any atom is 0.328 e. The van der Waals surface area contributed by atoms with Gasteiger partial charge in [0, 0.05) is 0 Å². The second kappa shape index (κ2) is 9.89. The van der Waals surface area contributed by atoms with Gasteiger partial charge in [-0.3, -0.25) is 29.2 Å². The van der Waals surface area contributed by atoms with Crippen molar-refractivity contribution in [3.63, 3.8) is 0 Å². The number of hydrogen-bond acceptors (Lipinski definition) is 7. The number of nitrogens with one attached hydrogen (secondary N) is 2. The molecule has 14 heteroatoms. The van der Waals surface area contributed by atoms with Crippen LogP contribution in [0.3, 0.4) is 0 Å². The quantitative estimate of drug-likeness (QED) is 0.264. The van der Waals surface area contributed by atoms with E-state index in [1.54, 1.807) is 0 Å². The van der Waals surface area contributed by atoms with Crippen LogP contribution in [0.4, 0.5) is 24.5 Å². The molecule has 0 saturated heterocycles. The van der Waals surface area contributed by atoms with Gasteiger partial charge in [0.05, 0.1) is 17.2 Å². The molecular weight excluding hydrogens is 439 g/mol. The van der Waals surface area contributed by atoms with Crippen LogP contribution in [0.25, 0.3) is 0 Å². The van der Waals surface area contributed by atoms with Gasteiger partial charge in [0.1, 0.15) is 17.9 Å². The Morgan fingerprint density at radius 2 is 1.88 bits per heavy atom. The van der Waals surface area contributed by atoms with E-state index in [1.165, 1.54) is 20.8 Å². The van der Waals surface area contributed by atoms with Crippen LogP contribution in [-0.2, 0) is 25.7 Å². The topological polar surface area (TPSA) is 145 Å². The molecule has 11 nitrogen and oxygen atoms in total. The van der Waals surface area contributed by atoms with E-state index < -0.39 is 65.0 Å². The first-order valence-corrected chi connectivity index (χ1v) is 9.01. The van der Waals surface area contributed by atoms with Crippen LogP contribution >= 0.6 is 0 Å². The average Bonchev–Trinajstić information content (AvgIpc) is 2.99. The van der Waals surface area contributed by atoms with Crippen molar-refractivity contribution in [2.24, 2.45) is 0 Å². The number of esters is 1. The normalized spacial score (nSPS) is 11.6. The summed E-state index contributed by atoms with van der Waals surface area (Å²) in [6.45, 7) is 2.84. The van der Waals surface area contributed by atoms with Gasteiger partial charge in [-0.2, -0.15) is 5.10 Å². The highest BCUT2D eigenvalue weighted by Gasteiger charge is 2.25. The summed E-state index contributed by atoms with van der Waals surface area (Å²) in [7, 11) is 0. The zero-order chi connectivity index (χ0) is 24.2. The number of benzene rings is 1. The number of halogens is 3. The molecule has 2 amide bonds. The molecule has 0 aliphatic carbocycles. The van der Waals surface area contributed by atoms with Crippen molar-refractivity contribution in [3.05, 3.63) is 51.1 Å². The number of carbonyl (C=O) groups is 3. The molecule has 1 heterocycles. The van der Waals surface area contributed by atoms with E-state index in [-0.39, 0.29) is 17.1 Å².